The zero-order valence-electron chi connectivity index (χ0n) is 16.1. The first-order valence-corrected chi connectivity index (χ1v) is 9.15. The van der Waals surface area contributed by atoms with Gasteiger partial charge in [0.25, 0.3) is 0 Å². The van der Waals surface area contributed by atoms with Crippen LogP contribution in [0.25, 0.3) is 11.3 Å². The van der Waals surface area contributed by atoms with Crippen LogP contribution in [0.2, 0.25) is 0 Å². The van der Waals surface area contributed by atoms with Gasteiger partial charge < -0.3 is 19.7 Å². The molecule has 0 aliphatic heterocycles. The molecular weight excluding hydrogens is 362 g/mol. The van der Waals surface area contributed by atoms with Crippen LogP contribution < -0.4 is 5.32 Å². The number of rotatable bonds is 10. The molecule has 2 N–H and O–H groups in total. The number of carboxylic acids is 1. The average molecular weight is 387 g/mol. The van der Waals surface area contributed by atoms with E-state index in [2.05, 4.69) is 10.3 Å². The Morgan fingerprint density at radius 1 is 1.25 bits per heavy atom. The number of hydrogen-bond donors (Lipinski definition) is 2. The molecule has 28 heavy (non-hydrogen) atoms. The molecule has 0 spiro atoms. The Labute approximate surface area is 163 Å². The number of amides is 2. The van der Waals surface area contributed by atoms with Gasteiger partial charge in [-0.25, -0.2) is 9.78 Å². The summed E-state index contributed by atoms with van der Waals surface area (Å²) in [6, 6.07) is 8.63. The maximum absolute atomic E-state index is 12.5. The van der Waals surface area contributed by atoms with E-state index < -0.39 is 12.0 Å². The van der Waals surface area contributed by atoms with Gasteiger partial charge in [-0.2, -0.15) is 0 Å². The SMILES string of the molecule is CC(=O)NCCN(C(=O)CCCc1ncc(-c2ccccc2)o1)C(C)C(=O)O. The molecule has 1 aromatic carbocycles. The van der Waals surface area contributed by atoms with Gasteiger partial charge in [-0.1, -0.05) is 30.3 Å². The van der Waals surface area contributed by atoms with Gasteiger partial charge in [0, 0.05) is 38.4 Å². The predicted octanol–water partition coefficient (Wildman–Crippen LogP) is 2.10. The van der Waals surface area contributed by atoms with Crippen molar-refractivity contribution in [3.63, 3.8) is 0 Å². The highest BCUT2D eigenvalue weighted by Crippen LogP contribution is 2.20. The van der Waals surface area contributed by atoms with Crippen molar-refractivity contribution in [2.45, 2.75) is 39.2 Å². The first kappa shape index (κ1) is 21.1. The lowest BCUT2D eigenvalue weighted by atomic mass is 10.2. The van der Waals surface area contributed by atoms with Gasteiger partial charge in [0.05, 0.1) is 6.20 Å². The minimum atomic E-state index is -1.09. The Balaban J connectivity index is 1.88. The fourth-order valence-corrected chi connectivity index (χ4v) is 2.72. The summed E-state index contributed by atoms with van der Waals surface area (Å²) >= 11 is 0. The summed E-state index contributed by atoms with van der Waals surface area (Å²) in [4.78, 5) is 40.2. The number of nitrogens with zero attached hydrogens (tertiary/aromatic N) is 2. The second-order valence-corrected chi connectivity index (χ2v) is 6.42. The molecule has 1 heterocycles. The van der Waals surface area contributed by atoms with Crippen molar-refractivity contribution in [3.05, 3.63) is 42.4 Å². The third-order valence-electron chi connectivity index (χ3n) is 4.27. The molecule has 0 bridgehead atoms. The molecule has 2 amide bonds. The van der Waals surface area contributed by atoms with Crippen molar-refractivity contribution in [3.8, 4) is 11.3 Å². The Hall–Kier alpha value is -3.16. The molecule has 1 atom stereocenters. The second-order valence-electron chi connectivity index (χ2n) is 6.42. The molecule has 0 radical (unpaired) electrons. The number of nitrogens with one attached hydrogen (secondary N) is 1. The third kappa shape index (κ3) is 6.22. The Morgan fingerprint density at radius 3 is 2.61 bits per heavy atom. The lowest BCUT2D eigenvalue weighted by Crippen LogP contribution is -2.46. The monoisotopic (exact) mass is 387 g/mol. The van der Waals surface area contributed by atoms with Gasteiger partial charge >= 0.3 is 5.97 Å². The van der Waals surface area contributed by atoms with E-state index in [9.17, 15) is 19.5 Å². The van der Waals surface area contributed by atoms with Crippen LogP contribution in [0.5, 0.6) is 0 Å². The van der Waals surface area contributed by atoms with Gasteiger partial charge in [-0.3, -0.25) is 9.59 Å². The molecule has 0 aliphatic rings. The van der Waals surface area contributed by atoms with E-state index in [1.54, 1.807) is 6.20 Å². The van der Waals surface area contributed by atoms with Crippen LogP contribution in [0.15, 0.2) is 40.9 Å². The van der Waals surface area contributed by atoms with Crippen LogP contribution in [-0.2, 0) is 20.8 Å². The largest absolute Gasteiger partial charge is 0.480 e. The summed E-state index contributed by atoms with van der Waals surface area (Å²) in [5, 5.41) is 11.8. The Kier molecular flexibility index (Phi) is 7.74. The molecule has 0 saturated carbocycles. The zero-order valence-corrected chi connectivity index (χ0v) is 16.1. The minimum Gasteiger partial charge on any atom is -0.480 e. The summed E-state index contributed by atoms with van der Waals surface area (Å²) in [6.45, 7) is 3.17. The number of oxazole rings is 1. The van der Waals surface area contributed by atoms with E-state index >= 15 is 0 Å². The number of carbonyl (C=O) groups is 3. The molecule has 150 valence electrons. The maximum atomic E-state index is 12.5. The highest BCUT2D eigenvalue weighted by Gasteiger charge is 2.25. The van der Waals surface area contributed by atoms with E-state index in [0.717, 1.165) is 5.56 Å². The molecule has 2 rings (SSSR count). The first-order chi connectivity index (χ1) is 13.4. The Morgan fingerprint density at radius 2 is 1.96 bits per heavy atom. The summed E-state index contributed by atoms with van der Waals surface area (Å²) in [6.07, 6.45) is 2.77. The van der Waals surface area contributed by atoms with E-state index in [1.165, 1.54) is 18.7 Å². The van der Waals surface area contributed by atoms with E-state index in [4.69, 9.17) is 4.42 Å². The third-order valence-corrected chi connectivity index (χ3v) is 4.27. The molecule has 8 heteroatoms. The fraction of sp³-hybridized carbons (Fsp3) is 0.400. The zero-order chi connectivity index (χ0) is 20.5. The molecule has 0 saturated heterocycles. The highest BCUT2D eigenvalue weighted by molar-refractivity contribution is 5.83. The minimum absolute atomic E-state index is 0.142. The molecule has 0 aliphatic carbocycles. The van der Waals surface area contributed by atoms with Crippen molar-refractivity contribution < 1.29 is 23.9 Å². The lowest BCUT2D eigenvalue weighted by Gasteiger charge is -2.26. The van der Waals surface area contributed by atoms with E-state index in [-0.39, 0.29) is 31.3 Å². The van der Waals surface area contributed by atoms with Gasteiger partial charge in [-0.15, -0.1) is 0 Å². The standard InChI is InChI=1S/C20H25N3O5/c1-14(20(26)27)23(12-11-21-15(2)24)19(25)10-6-9-18-22-13-17(28-18)16-7-4-3-5-8-16/h3-5,7-8,13-14H,6,9-12H2,1-2H3,(H,21,24)(H,26,27). The first-order valence-electron chi connectivity index (χ1n) is 9.15. The average Bonchev–Trinajstić information content (AvgIpc) is 3.14. The second kappa shape index (κ2) is 10.2. The van der Waals surface area contributed by atoms with Crippen LogP contribution in [0.1, 0.15) is 32.6 Å². The van der Waals surface area contributed by atoms with Crippen LogP contribution >= 0.6 is 0 Å². The molecule has 1 aromatic heterocycles. The normalized spacial score (nSPS) is 11.6. The van der Waals surface area contributed by atoms with Gasteiger partial charge in [0.1, 0.15) is 6.04 Å². The van der Waals surface area contributed by atoms with Gasteiger partial charge in [0.2, 0.25) is 11.8 Å². The van der Waals surface area contributed by atoms with Crippen molar-refractivity contribution >= 4 is 17.8 Å². The van der Waals surface area contributed by atoms with Crippen molar-refractivity contribution in [1.82, 2.24) is 15.2 Å². The van der Waals surface area contributed by atoms with Crippen molar-refractivity contribution in [1.29, 1.82) is 0 Å². The van der Waals surface area contributed by atoms with Crippen molar-refractivity contribution in [2.75, 3.05) is 13.1 Å². The number of aryl methyl sites for hydroxylation is 1. The lowest BCUT2D eigenvalue weighted by molar-refractivity contribution is -0.149. The maximum Gasteiger partial charge on any atom is 0.326 e. The van der Waals surface area contributed by atoms with Crippen LogP contribution in [0.3, 0.4) is 0 Å². The van der Waals surface area contributed by atoms with Crippen LogP contribution in [0.4, 0.5) is 0 Å². The molecule has 2 aromatic rings. The topological polar surface area (TPSA) is 113 Å². The Bertz CT molecular complexity index is 803. The summed E-state index contributed by atoms with van der Waals surface area (Å²) in [5.74, 6) is -0.402. The summed E-state index contributed by atoms with van der Waals surface area (Å²) < 4.78 is 5.71. The number of aliphatic carboxylic acids is 1. The number of carbonyl (C=O) groups excluding carboxylic acids is 2. The van der Waals surface area contributed by atoms with Crippen LogP contribution in [0, 0.1) is 0 Å². The predicted molar refractivity (Wildman–Crippen MR) is 102 cm³/mol. The molecular formula is C20H25N3O5. The highest BCUT2D eigenvalue weighted by atomic mass is 16.4. The summed E-state index contributed by atoms with van der Waals surface area (Å²) in [7, 11) is 0. The van der Waals surface area contributed by atoms with Gasteiger partial charge in [-0.05, 0) is 13.3 Å². The van der Waals surface area contributed by atoms with E-state index in [1.807, 2.05) is 30.3 Å². The molecule has 0 fully saturated rings. The molecule has 1 unspecified atom stereocenters. The number of benzene rings is 1. The number of hydrogen-bond acceptors (Lipinski definition) is 5. The van der Waals surface area contributed by atoms with Crippen molar-refractivity contribution in [2.24, 2.45) is 0 Å². The number of carboxylic acid groups (broad SMARTS) is 1. The van der Waals surface area contributed by atoms with Crippen LogP contribution in [-0.4, -0.2) is 51.9 Å². The fourth-order valence-electron chi connectivity index (χ4n) is 2.72. The number of aromatic nitrogens is 1. The quantitative estimate of drug-likeness (QED) is 0.646. The van der Waals surface area contributed by atoms with Gasteiger partial charge in [0.15, 0.2) is 11.7 Å². The molecule has 8 nitrogen and oxygen atoms in total. The smallest absolute Gasteiger partial charge is 0.326 e. The summed E-state index contributed by atoms with van der Waals surface area (Å²) in [5.41, 5.74) is 0.928. The van der Waals surface area contributed by atoms with E-state index in [0.29, 0.717) is 24.5 Å².